The fraction of sp³-hybridized carbons (Fsp3) is 0.381. The first kappa shape index (κ1) is 19.5. The summed E-state index contributed by atoms with van der Waals surface area (Å²) in [7, 11) is 0. The Balaban J connectivity index is 3.01. The first-order valence-electron chi connectivity index (χ1n) is 8.54. The standard InChI is InChI=1S/C21H23N3O2/c1-12(2)21(6,17-9-13(3)7-15(5)19(17)23-25)18-10-14(4)8-16(11-22)20(18)24-26/h7-10,12H,1-6H3. The molecule has 0 bridgehead atoms. The predicted octanol–water partition coefficient (Wildman–Crippen LogP) is 6.24. The molecule has 0 fully saturated rings. The predicted molar refractivity (Wildman–Crippen MR) is 104 cm³/mol. The van der Waals surface area contributed by atoms with Crippen molar-refractivity contribution in [2.45, 2.75) is 47.0 Å². The molecule has 1 atom stereocenters. The molecule has 0 N–H and O–H groups in total. The van der Waals surface area contributed by atoms with Gasteiger partial charge in [0.25, 0.3) is 0 Å². The maximum atomic E-state index is 11.6. The summed E-state index contributed by atoms with van der Waals surface area (Å²) in [4.78, 5) is 23.2. The lowest BCUT2D eigenvalue weighted by Gasteiger charge is -2.37. The molecule has 0 saturated carbocycles. The topological polar surface area (TPSA) is 82.7 Å². The molecule has 0 saturated heterocycles. The summed E-state index contributed by atoms with van der Waals surface area (Å²) in [5.41, 5.74) is 4.09. The maximum Gasteiger partial charge on any atom is 0.129 e. The van der Waals surface area contributed by atoms with Crippen LogP contribution < -0.4 is 0 Å². The van der Waals surface area contributed by atoms with Crippen molar-refractivity contribution >= 4 is 11.4 Å². The third-order valence-electron chi connectivity index (χ3n) is 5.28. The molecule has 0 aliphatic carbocycles. The van der Waals surface area contributed by atoms with Crippen LogP contribution in [0.4, 0.5) is 11.4 Å². The fourth-order valence-corrected chi connectivity index (χ4v) is 3.60. The van der Waals surface area contributed by atoms with Gasteiger partial charge in [0, 0.05) is 5.41 Å². The van der Waals surface area contributed by atoms with Gasteiger partial charge in [-0.15, -0.1) is 9.81 Å². The Labute approximate surface area is 154 Å². The van der Waals surface area contributed by atoms with Crippen LogP contribution in [0.3, 0.4) is 0 Å². The van der Waals surface area contributed by atoms with Crippen LogP contribution in [-0.4, -0.2) is 0 Å². The molecule has 0 aliphatic rings. The highest BCUT2D eigenvalue weighted by atomic mass is 16.3. The molecule has 134 valence electrons. The van der Waals surface area contributed by atoms with E-state index in [0.717, 1.165) is 22.3 Å². The molecule has 1 unspecified atom stereocenters. The van der Waals surface area contributed by atoms with Crippen molar-refractivity contribution in [3.63, 3.8) is 0 Å². The van der Waals surface area contributed by atoms with Crippen LogP contribution in [0.1, 0.15) is 54.2 Å². The highest BCUT2D eigenvalue weighted by molar-refractivity contribution is 5.68. The molecular formula is C21H23N3O2. The van der Waals surface area contributed by atoms with E-state index in [1.165, 1.54) is 0 Å². The second kappa shape index (κ2) is 7.17. The summed E-state index contributed by atoms with van der Waals surface area (Å²) in [5, 5.41) is 15.9. The Morgan fingerprint density at radius 1 is 0.923 bits per heavy atom. The summed E-state index contributed by atoms with van der Waals surface area (Å²) in [6.45, 7) is 11.7. The Kier molecular flexibility index (Phi) is 5.36. The van der Waals surface area contributed by atoms with Crippen molar-refractivity contribution in [1.82, 2.24) is 0 Å². The number of hydrogen-bond acceptors (Lipinski definition) is 5. The van der Waals surface area contributed by atoms with E-state index in [2.05, 4.69) is 16.4 Å². The molecule has 0 heterocycles. The summed E-state index contributed by atoms with van der Waals surface area (Å²) < 4.78 is 0. The SMILES string of the molecule is Cc1cc(C)c(N=O)c(C(C)(c2cc(C)cc(C#N)c2N=O)C(C)C)c1. The smallest absolute Gasteiger partial charge is 0.129 e. The number of benzene rings is 2. The third kappa shape index (κ3) is 3.03. The minimum atomic E-state index is -0.707. The average molecular weight is 349 g/mol. The van der Waals surface area contributed by atoms with E-state index in [-0.39, 0.29) is 17.2 Å². The van der Waals surface area contributed by atoms with Gasteiger partial charge in [-0.05, 0) is 65.4 Å². The van der Waals surface area contributed by atoms with Crippen molar-refractivity contribution in [3.05, 3.63) is 67.5 Å². The Morgan fingerprint density at radius 3 is 1.88 bits per heavy atom. The Bertz CT molecular complexity index is 926. The number of nitriles is 1. The van der Waals surface area contributed by atoms with Gasteiger partial charge in [-0.1, -0.05) is 44.5 Å². The van der Waals surface area contributed by atoms with Crippen LogP contribution in [0.25, 0.3) is 0 Å². The van der Waals surface area contributed by atoms with Crippen LogP contribution in [0.15, 0.2) is 34.6 Å². The summed E-state index contributed by atoms with van der Waals surface area (Å²) in [6.07, 6.45) is 0. The largest absolute Gasteiger partial charge is 0.192 e. The quantitative estimate of drug-likeness (QED) is 0.599. The minimum absolute atomic E-state index is 0.0260. The molecule has 2 rings (SSSR count). The number of hydrogen-bond donors (Lipinski definition) is 0. The molecule has 0 amide bonds. The zero-order valence-corrected chi connectivity index (χ0v) is 16.0. The van der Waals surface area contributed by atoms with Crippen molar-refractivity contribution in [2.75, 3.05) is 0 Å². The van der Waals surface area contributed by atoms with Crippen LogP contribution >= 0.6 is 0 Å². The number of nitrogens with zero attached hydrogens (tertiary/aromatic N) is 3. The Hall–Kier alpha value is -2.87. The van der Waals surface area contributed by atoms with Gasteiger partial charge in [-0.25, -0.2) is 0 Å². The summed E-state index contributed by atoms with van der Waals surface area (Å²) in [6, 6.07) is 9.45. The molecule has 5 heteroatoms. The molecule has 5 nitrogen and oxygen atoms in total. The second-order valence-corrected chi connectivity index (χ2v) is 7.34. The first-order valence-corrected chi connectivity index (χ1v) is 8.54. The van der Waals surface area contributed by atoms with Crippen molar-refractivity contribution < 1.29 is 0 Å². The van der Waals surface area contributed by atoms with Gasteiger partial charge >= 0.3 is 0 Å². The zero-order valence-electron chi connectivity index (χ0n) is 16.0. The second-order valence-electron chi connectivity index (χ2n) is 7.34. The van der Waals surface area contributed by atoms with Gasteiger partial charge in [0.1, 0.15) is 17.4 Å². The lowest BCUT2D eigenvalue weighted by molar-refractivity contribution is 0.406. The van der Waals surface area contributed by atoms with E-state index in [1.54, 1.807) is 6.07 Å². The highest BCUT2D eigenvalue weighted by Gasteiger charge is 2.38. The van der Waals surface area contributed by atoms with E-state index >= 15 is 0 Å². The van der Waals surface area contributed by atoms with Crippen molar-refractivity contribution in [1.29, 1.82) is 5.26 Å². The van der Waals surface area contributed by atoms with E-state index in [9.17, 15) is 15.1 Å². The van der Waals surface area contributed by atoms with E-state index in [1.807, 2.05) is 59.7 Å². The van der Waals surface area contributed by atoms with Gasteiger partial charge in [-0.2, -0.15) is 5.26 Å². The molecule has 0 spiro atoms. The van der Waals surface area contributed by atoms with Crippen LogP contribution in [0.5, 0.6) is 0 Å². The maximum absolute atomic E-state index is 11.6. The van der Waals surface area contributed by atoms with Gasteiger partial charge in [0.2, 0.25) is 0 Å². The number of aryl methyl sites for hydroxylation is 3. The molecule has 26 heavy (non-hydrogen) atoms. The van der Waals surface area contributed by atoms with Gasteiger partial charge < -0.3 is 0 Å². The number of nitroso groups, excluding NO2 is 2. The molecule has 0 radical (unpaired) electrons. The molecule has 2 aromatic rings. The lowest BCUT2D eigenvalue weighted by atomic mass is 9.66. The summed E-state index contributed by atoms with van der Waals surface area (Å²) >= 11 is 0. The third-order valence-corrected chi connectivity index (χ3v) is 5.28. The van der Waals surface area contributed by atoms with E-state index < -0.39 is 5.41 Å². The van der Waals surface area contributed by atoms with Gasteiger partial charge in [-0.3, -0.25) is 0 Å². The number of rotatable bonds is 5. The zero-order chi connectivity index (χ0) is 19.6. The van der Waals surface area contributed by atoms with Crippen molar-refractivity contribution in [3.8, 4) is 6.07 Å². The van der Waals surface area contributed by atoms with Crippen LogP contribution in [0, 0.1) is 47.8 Å². The molecule has 0 aromatic heterocycles. The minimum Gasteiger partial charge on any atom is -0.192 e. The molecule has 2 aromatic carbocycles. The monoisotopic (exact) mass is 349 g/mol. The molecular weight excluding hydrogens is 326 g/mol. The van der Waals surface area contributed by atoms with Crippen molar-refractivity contribution in [2.24, 2.45) is 16.3 Å². The van der Waals surface area contributed by atoms with Gasteiger partial charge in [0.05, 0.1) is 5.56 Å². The summed E-state index contributed by atoms with van der Waals surface area (Å²) in [5.74, 6) is 0.0260. The van der Waals surface area contributed by atoms with E-state index in [0.29, 0.717) is 11.3 Å². The molecule has 0 aliphatic heterocycles. The van der Waals surface area contributed by atoms with Gasteiger partial charge in [0.15, 0.2) is 0 Å². The van der Waals surface area contributed by atoms with E-state index in [4.69, 9.17) is 0 Å². The van der Waals surface area contributed by atoms with Crippen LogP contribution in [0.2, 0.25) is 0 Å². The average Bonchev–Trinajstić information content (AvgIpc) is 2.59. The Morgan fingerprint density at radius 2 is 1.42 bits per heavy atom. The normalized spacial score (nSPS) is 13.2. The first-order chi connectivity index (χ1) is 12.2. The van der Waals surface area contributed by atoms with Crippen LogP contribution in [-0.2, 0) is 5.41 Å². The fourth-order valence-electron chi connectivity index (χ4n) is 3.60. The highest BCUT2D eigenvalue weighted by Crippen LogP contribution is 2.48. The lowest BCUT2D eigenvalue weighted by Crippen LogP contribution is -2.31.